The standard InChI is InChI=1S/C7H14N4/c1-4-5(2)11(3)7(9)6(8)10-4/h7H,9H2,1-3H3,(H2,8,10). The number of amidine groups is 1. The Morgan fingerprint density at radius 3 is 2.55 bits per heavy atom. The van der Waals surface area contributed by atoms with Gasteiger partial charge in [-0.05, 0) is 13.8 Å². The molecule has 1 heterocycles. The maximum absolute atomic E-state index is 5.71. The van der Waals surface area contributed by atoms with E-state index in [9.17, 15) is 0 Å². The van der Waals surface area contributed by atoms with Crippen LogP contribution in [0, 0.1) is 0 Å². The number of allylic oxidation sites excluding steroid dienone is 2. The van der Waals surface area contributed by atoms with Gasteiger partial charge < -0.3 is 16.4 Å². The van der Waals surface area contributed by atoms with Crippen molar-refractivity contribution in [3.05, 3.63) is 11.4 Å². The molecule has 0 amide bonds. The summed E-state index contributed by atoms with van der Waals surface area (Å²) in [4.78, 5) is 6.02. The quantitative estimate of drug-likeness (QED) is 0.509. The van der Waals surface area contributed by atoms with Crippen LogP contribution in [0.25, 0.3) is 0 Å². The fraction of sp³-hybridized carbons (Fsp3) is 0.571. The topological polar surface area (TPSA) is 67.6 Å². The molecule has 1 aliphatic rings. The molecule has 1 unspecified atom stereocenters. The summed E-state index contributed by atoms with van der Waals surface area (Å²) in [6.07, 6.45) is -0.265. The molecule has 1 atom stereocenters. The first kappa shape index (κ1) is 8.07. The Hall–Kier alpha value is -1.03. The Morgan fingerprint density at radius 2 is 2.00 bits per heavy atom. The number of aliphatic imine (C=N–C) groups is 1. The Kier molecular flexibility index (Phi) is 1.87. The molecule has 0 aromatic carbocycles. The van der Waals surface area contributed by atoms with Crippen LogP contribution in [0.5, 0.6) is 0 Å². The molecule has 0 aliphatic carbocycles. The zero-order valence-corrected chi connectivity index (χ0v) is 7.13. The van der Waals surface area contributed by atoms with E-state index in [2.05, 4.69) is 4.99 Å². The van der Waals surface area contributed by atoms with Crippen molar-refractivity contribution in [2.45, 2.75) is 20.0 Å². The van der Waals surface area contributed by atoms with Crippen molar-refractivity contribution < 1.29 is 0 Å². The highest BCUT2D eigenvalue weighted by atomic mass is 15.3. The fourth-order valence-electron chi connectivity index (χ4n) is 1.00. The van der Waals surface area contributed by atoms with Crippen molar-refractivity contribution in [1.29, 1.82) is 0 Å². The lowest BCUT2D eigenvalue weighted by atomic mass is 10.2. The third-order valence-electron chi connectivity index (χ3n) is 2.07. The van der Waals surface area contributed by atoms with Gasteiger partial charge in [0, 0.05) is 12.7 Å². The largest absolute Gasteiger partial charge is 0.384 e. The van der Waals surface area contributed by atoms with Crippen LogP contribution < -0.4 is 11.5 Å². The Morgan fingerprint density at radius 1 is 1.45 bits per heavy atom. The Labute approximate surface area is 66.6 Å². The first-order valence-corrected chi connectivity index (χ1v) is 3.54. The second kappa shape index (κ2) is 2.54. The van der Waals surface area contributed by atoms with E-state index in [0.717, 1.165) is 11.4 Å². The number of hydrogen-bond acceptors (Lipinski definition) is 4. The van der Waals surface area contributed by atoms with Gasteiger partial charge >= 0.3 is 0 Å². The van der Waals surface area contributed by atoms with E-state index in [4.69, 9.17) is 11.5 Å². The molecule has 0 aromatic heterocycles. The van der Waals surface area contributed by atoms with Crippen molar-refractivity contribution in [3.8, 4) is 0 Å². The summed E-state index contributed by atoms with van der Waals surface area (Å²) >= 11 is 0. The van der Waals surface area contributed by atoms with Crippen LogP contribution in [0.1, 0.15) is 13.8 Å². The molecule has 4 N–H and O–H groups in total. The highest BCUT2D eigenvalue weighted by Gasteiger charge is 2.19. The normalized spacial score (nSPS) is 25.6. The van der Waals surface area contributed by atoms with Crippen LogP contribution in [-0.4, -0.2) is 23.9 Å². The van der Waals surface area contributed by atoms with Gasteiger partial charge in [0.25, 0.3) is 0 Å². The number of rotatable bonds is 0. The average Bonchev–Trinajstić information content (AvgIpc) is 1.97. The predicted octanol–water partition coefficient (Wildman–Crippen LogP) is -0.175. The second-order valence-corrected chi connectivity index (χ2v) is 2.76. The van der Waals surface area contributed by atoms with Crippen molar-refractivity contribution >= 4 is 5.84 Å². The summed E-state index contributed by atoms with van der Waals surface area (Å²) in [6.45, 7) is 3.90. The van der Waals surface area contributed by atoms with E-state index in [-0.39, 0.29) is 6.17 Å². The van der Waals surface area contributed by atoms with Gasteiger partial charge in [-0.15, -0.1) is 0 Å². The number of likely N-dealkylation sites (N-methyl/N-ethyl adjacent to an activating group) is 1. The molecule has 11 heavy (non-hydrogen) atoms. The van der Waals surface area contributed by atoms with Crippen molar-refractivity contribution in [2.75, 3.05) is 7.05 Å². The van der Waals surface area contributed by atoms with Gasteiger partial charge in [-0.3, -0.25) is 0 Å². The van der Waals surface area contributed by atoms with E-state index in [1.165, 1.54) is 0 Å². The summed E-state index contributed by atoms with van der Waals surface area (Å²) < 4.78 is 0. The molecule has 4 nitrogen and oxygen atoms in total. The first-order chi connectivity index (χ1) is 5.04. The highest BCUT2D eigenvalue weighted by Crippen LogP contribution is 2.15. The van der Waals surface area contributed by atoms with Crippen LogP contribution >= 0.6 is 0 Å². The molecule has 0 bridgehead atoms. The van der Waals surface area contributed by atoms with Gasteiger partial charge in [-0.1, -0.05) is 0 Å². The fourth-order valence-corrected chi connectivity index (χ4v) is 1.00. The lowest BCUT2D eigenvalue weighted by molar-refractivity contribution is 0.365. The third-order valence-corrected chi connectivity index (χ3v) is 2.07. The van der Waals surface area contributed by atoms with E-state index < -0.39 is 0 Å². The summed E-state index contributed by atoms with van der Waals surface area (Å²) in [6, 6.07) is 0. The minimum absolute atomic E-state index is 0.265. The molecule has 0 spiro atoms. The monoisotopic (exact) mass is 154 g/mol. The molecule has 0 saturated heterocycles. The van der Waals surface area contributed by atoms with Gasteiger partial charge in [0.1, 0.15) is 12.0 Å². The molecule has 62 valence electrons. The number of hydrogen-bond donors (Lipinski definition) is 2. The molecule has 1 rings (SSSR count). The summed E-state index contributed by atoms with van der Waals surface area (Å²) in [7, 11) is 1.91. The zero-order valence-electron chi connectivity index (χ0n) is 7.13. The maximum atomic E-state index is 5.71. The van der Waals surface area contributed by atoms with Crippen molar-refractivity contribution in [3.63, 3.8) is 0 Å². The van der Waals surface area contributed by atoms with Gasteiger partial charge in [-0.25, -0.2) is 4.99 Å². The molecule has 0 saturated carbocycles. The first-order valence-electron chi connectivity index (χ1n) is 3.54. The van der Waals surface area contributed by atoms with Gasteiger partial charge in [0.05, 0.1) is 5.70 Å². The van der Waals surface area contributed by atoms with E-state index in [1.54, 1.807) is 0 Å². The van der Waals surface area contributed by atoms with E-state index in [0.29, 0.717) is 5.84 Å². The summed E-state index contributed by atoms with van der Waals surface area (Å²) in [5.41, 5.74) is 13.3. The van der Waals surface area contributed by atoms with Crippen LogP contribution in [0.2, 0.25) is 0 Å². The van der Waals surface area contributed by atoms with Gasteiger partial charge in [-0.2, -0.15) is 0 Å². The van der Waals surface area contributed by atoms with Crippen LogP contribution in [0.3, 0.4) is 0 Å². The molecule has 4 heteroatoms. The molecule has 0 radical (unpaired) electrons. The predicted molar refractivity (Wildman–Crippen MR) is 45.7 cm³/mol. The van der Waals surface area contributed by atoms with E-state index in [1.807, 2.05) is 25.8 Å². The number of nitrogens with two attached hydrogens (primary N) is 2. The van der Waals surface area contributed by atoms with Crippen LogP contribution in [-0.2, 0) is 0 Å². The van der Waals surface area contributed by atoms with Crippen molar-refractivity contribution in [2.24, 2.45) is 16.5 Å². The molecule has 0 aromatic rings. The zero-order chi connectivity index (χ0) is 8.59. The second-order valence-electron chi connectivity index (χ2n) is 2.76. The minimum atomic E-state index is -0.265. The number of nitrogens with zero attached hydrogens (tertiary/aromatic N) is 2. The van der Waals surface area contributed by atoms with Crippen LogP contribution in [0.4, 0.5) is 0 Å². The SMILES string of the molecule is CC1=C(C)N(C)C(N)C(N)=N1. The smallest absolute Gasteiger partial charge is 0.137 e. The van der Waals surface area contributed by atoms with Gasteiger partial charge in [0.2, 0.25) is 0 Å². The lowest BCUT2D eigenvalue weighted by Crippen LogP contribution is -2.50. The molecule has 1 aliphatic heterocycles. The highest BCUT2D eigenvalue weighted by molar-refractivity contribution is 5.87. The average molecular weight is 154 g/mol. The van der Waals surface area contributed by atoms with E-state index >= 15 is 0 Å². The summed E-state index contributed by atoms with van der Waals surface area (Å²) in [5.74, 6) is 0.482. The maximum Gasteiger partial charge on any atom is 0.137 e. The van der Waals surface area contributed by atoms with Crippen LogP contribution in [0.15, 0.2) is 16.4 Å². The van der Waals surface area contributed by atoms with Gasteiger partial charge in [0.15, 0.2) is 0 Å². The minimum Gasteiger partial charge on any atom is -0.384 e. The Bertz CT molecular complexity index is 229. The lowest BCUT2D eigenvalue weighted by Gasteiger charge is -2.31. The third kappa shape index (κ3) is 1.21. The molecular weight excluding hydrogens is 140 g/mol. The molecule has 0 fully saturated rings. The molecular formula is C7H14N4. The summed E-state index contributed by atoms with van der Waals surface area (Å²) in [5, 5.41) is 0. The Balaban J connectivity index is 3.01. The van der Waals surface area contributed by atoms with Crippen molar-refractivity contribution in [1.82, 2.24) is 4.90 Å².